The number of hydrogen-bond donors (Lipinski definition) is 1. The number of halogens is 1. The molecule has 2 aromatic carbocycles. The van der Waals surface area contributed by atoms with Crippen molar-refractivity contribution >= 4 is 28.3 Å². The smallest absolute Gasteiger partial charge is 0.123 e. The first kappa shape index (κ1) is 14.8. The summed E-state index contributed by atoms with van der Waals surface area (Å²) in [6.07, 6.45) is 0. The minimum Gasteiger partial charge on any atom is -0.384 e. The van der Waals surface area contributed by atoms with Gasteiger partial charge in [0.1, 0.15) is 5.82 Å². The Morgan fingerprint density at radius 3 is 2.54 bits per heavy atom. The average molecular weight is 334 g/mol. The van der Waals surface area contributed by atoms with Crippen molar-refractivity contribution in [2.75, 3.05) is 5.73 Å². The fourth-order valence-electron chi connectivity index (χ4n) is 3.02. The van der Waals surface area contributed by atoms with Crippen molar-refractivity contribution < 1.29 is 0 Å². The van der Waals surface area contributed by atoms with Crippen LogP contribution in [0.4, 0.5) is 5.82 Å². The summed E-state index contributed by atoms with van der Waals surface area (Å²) in [6.45, 7) is 0.638. The Hall–Kier alpha value is -2.78. The Balaban J connectivity index is 1.92. The predicted molar refractivity (Wildman–Crippen MR) is 100 cm³/mol. The van der Waals surface area contributed by atoms with E-state index in [0.29, 0.717) is 12.4 Å². The number of anilines is 1. The van der Waals surface area contributed by atoms with E-state index < -0.39 is 0 Å². The fourth-order valence-corrected chi connectivity index (χ4v) is 3.25. The summed E-state index contributed by atoms with van der Waals surface area (Å²) >= 11 is 6.44. The van der Waals surface area contributed by atoms with Gasteiger partial charge in [-0.15, -0.1) is 0 Å². The van der Waals surface area contributed by atoms with Crippen molar-refractivity contribution in [1.82, 2.24) is 9.55 Å². The largest absolute Gasteiger partial charge is 0.384 e. The van der Waals surface area contributed by atoms with E-state index in [1.807, 2.05) is 48.5 Å². The summed E-state index contributed by atoms with van der Waals surface area (Å²) in [6, 6.07) is 24.1. The number of fused-ring (bicyclic) bond motifs is 1. The molecule has 118 valence electrons. The van der Waals surface area contributed by atoms with E-state index >= 15 is 0 Å². The molecule has 0 saturated heterocycles. The summed E-state index contributed by atoms with van der Waals surface area (Å²) in [4.78, 5) is 4.44. The van der Waals surface area contributed by atoms with Gasteiger partial charge in [-0.25, -0.2) is 4.98 Å². The lowest BCUT2D eigenvalue weighted by Gasteiger charge is -2.12. The van der Waals surface area contributed by atoms with Crippen LogP contribution in [0, 0.1) is 0 Å². The van der Waals surface area contributed by atoms with Crippen LogP contribution in [0.15, 0.2) is 72.8 Å². The maximum absolute atomic E-state index is 6.44. The van der Waals surface area contributed by atoms with E-state index in [-0.39, 0.29) is 0 Å². The number of benzene rings is 2. The van der Waals surface area contributed by atoms with E-state index in [1.165, 1.54) is 5.39 Å². The highest BCUT2D eigenvalue weighted by molar-refractivity contribution is 6.33. The van der Waals surface area contributed by atoms with Crippen LogP contribution in [0.5, 0.6) is 0 Å². The topological polar surface area (TPSA) is 43.8 Å². The lowest BCUT2D eigenvalue weighted by Crippen LogP contribution is -2.04. The normalized spacial score (nSPS) is 11.0. The third kappa shape index (κ3) is 2.63. The van der Waals surface area contributed by atoms with Gasteiger partial charge < -0.3 is 10.3 Å². The Kier molecular flexibility index (Phi) is 3.71. The summed E-state index contributed by atoms with van der Waals surface area (Å²) in [5.41, 5.74) is 9.99. The molecule has 2 N–H and O–H groups in total. The molecule has 0 atom stereocenters. The molecular weight excluding hydrogens is 318 g/mol. The molecule has 0 unspecified atom stereocenters. The molecule has 4 aromatic rings. The molecular formula is C20H16ClN3. The molecule has 4 rings (SSSR count). The van der Waals surface area contributed by atoms with Crippen molar-refractivity contribution in [3.63, 3.8) is 0 Å². The quantitative estimate of drug-likeness (QED) is 0.574. The highest BCUT2D eigenvalue weighted by Crippen LogP contribution is 2.33. The van der Waals surface area contributed by atoms with Crippen molar-refractivity contribution in [1.29, 1.82) is 0 Å². The number of aromatic nitrogens is 2. The van der Waals surface area contributed by atoms with Gasteiger partial charge in [0.05, 0.1) is 17.9 Å². The van der Waals surface area contributed by atoms with Crippen LogP contribution in [0.25, 0.3) is 22.2 Å². The van der Waals surface area contributed by atoms with Crippen molar-refractivity contribution in [2.24, 2.45) is 0 Å². The Morgan fingerprint density at radius 2 is 1.71 bits per heavy atom. The number of pyridine rings is 1. The average Bonchev–Trinajstić information content (AvgIpc) is 2.94. The first-order valence-corrected chi connectivity index (χ1v) is 8.15. The van der Waals surface area contributed by atoms with Gasteiger partial charge >= 0.3 is 0 Å². The van der Waals surface area contributed by atoms with Crippen LogP contribution in [0.3, 0.4) is 0 Å². The lowest BCUT2D eigenvalue weighted by atomic mass is 10.1. The van der Waals surface area contributed by atoms with Crippen LogP contribution in [0.2, 0.25) is 5.02 Å². The Morgan fingerprint density at radius 1 is 0.917 bits per heavy atom. The molecule has 3 nitrogen and oxygen atoms in total. The highest BCUT2D eigenvalue weighted by Gasteiger charge is 2.13. The molecule has 2 aromatic heterocycles. The summed E-state index contributed by atoms with van der Waals surface area (Å²) < 4.78 is 2.23. The van der Waals surface area contributed by atoms with Crippen LogP contribution >= 0.6 is 11.6 Å². The van der Waals surface area contributed by atoms with E-state index in [4.69, 9.17) is 17.3 Å². The van der Waals surface area contributed by atoms with Gasteiger partial charge in [0, 0.05) is 21.5 Å². The van der Waals surface area contributed by atoms with Crippen LogP contribution in [0.1, 0.15) is 5.69 Å². The summed E-state index contributed by atoms with van der Waals surface area (Å²) in [5, 5.41) is 1.92. The predicted octanol–water partition coefficient (Wildman–Crippen LogP) is 4.99. The second-order valence-corrected chi connectivity index (χ2v) is 6.12. The van der Waals surface area contributed by atoms with Crippen molar-refractivity contribution in [2.45, 2.75) is 6.54 Å². The molecule has 0 amide bonds. The van der Waals surface area contributed by atoms with Gasteiger partial charge in [0.25, 0.3) is 0 Å². The number of nitrogens with zero attached hydrogens (tertiary/aromatic N) is 2. The zero-order valence-corrected chi connectivity index (χ0v) is 13.7. The molecule has 0 bridgehead atoms. The molecule has 0 saturated carbocycles. The first-order valence-electron chi connectivity index (χ1n) is 7.77. The third-order valence-electron chi connectivity index (χ3n) is 4.11. The Bertz CT molecular complexity index is 1020. The maximum atomic E-state index is 6.44. The molecule has 4 heteroatoms. The monoisotopic (exact) mass is 333 g/mol. The van der Waals surface area contributed by atoms with Crippen molar-refractivity contribution in [3.05, 3.63) is 83.5 Å². The second kappa shape index (κ2) is 6.02. The van der Waals surface area contributed by atoms with E-state index in [9.17, 15) is 0 Å². The van der Waals surface area contributed by atoms with Crippen LogP contribution in [-0.4, -0.2) is 9.55 Å². The summed E-state index contributed by atoms with van der Waals surface area (Å²) in [5.74, 6) is 0.531. The van der Waals surface area contributed by atoms with Gasteiger partial charge in [-0.05, 0) is 30.3 Å². The van der Waals surface area contributed by atoms with Gasteiger partial charge in [-0.1, -0.05) is 54.1 Å². The lowest BCUT2D eigenvalue weighted by molar-refractivity contribution is 0.816. The first-order chi connectivity index (χ1) is 11.7. The van der Waals surface area contributed by atoms with Crippen LogP contribution < -0.4 is 5.73 Å². The van der Waals surface area contributed by atoms with Gasteiger partial charge in [-0.2, -0.15) is 0 Å². The molecule has 0 aliphatic rings. The maximum Gasteiger partial charge on any atom is 0.123 e. The highest BCUT2D eigenvalue weighted by atomic mass is 35.5. The summed E-state index contributed by atoms with van der Waals surface area (Å²) in [7, 11) is 0. The van der Waals surface area contributed by atoms with Gasteiger partial charge in [-0.3, -0.25) is 0 Å². The van der Waals surface area contributed by atoms with E-state index in [1.54, 1.807) is 6.07 Å². The molecule has 0 fully saturated rings. The number of hydrogen-bond acceptors (Lipinski definition) is 2. The van der Waals surface area contributed by atoms with Gasteiger partial charge in [0.15, 0.2) is 0 Å². The Labute approximate surface area is 145 Å². The number of para-hydroxylation sites is 1. The number of rotatable bonds is 3. The fraction of sp³-hybridized carbons (Fsp3) is 0.0500. The second-order valence-electron chi connectivity index (χ2n) is 5.71. The van der Waals surface area contributed by atoms with Gasteiger partial charge in [0.2, 0.25) is 0 Å². The zero-order valence-electron chi connectivity index (χ0n) is 13.0. The molecule has 2 heterocycles. The molecule has 0 aliphatic heterocycles. The molecule has 24 heavy (non-hydrogen) atoms. The van der Waals surface area contributed by atoms with Crippen LogP contribution in [-0.2, 0) is 6.54 Å². The molecule has 0 spiro atoms. The van der Waals surface area contributed by atoms with E-state index in [0.717, 1.165) is 27.5 Å². The minimum absolute atomic E-state index is 0.531. The minimum atomic E-state index is 0.531. The number of nitrogens with two attached hydrogens (primary N) is 1. The molecule has 0 aliphatic carbocycles. The molecule has 0 radical (unpaired) electrons. The zero-order chi connectivity index (χ0) is 16.5. The number of nitrogen functional groups attached to an aromatic ring is 1. The van der Waals surface area contributed by atoms with E-state index in [2.05, 4.69) is 27.8 Å². The van der Waals surface area contributed by atoms with Crippen molar-refractivity contribution in [3.8, 4) is 11.3 Å². The standard InChI is InChI=1S/C20H16ClN3/c21-17-9-3-2-8-16(17)19-12-14-6-1-4-10-18(14)24(19)13-15-7-5-11-20(22)23-15/h1-12H,13H2,(H2,22,23). The third-order valence-corrected chi connectivity index (χ3v) is 4.44. The SMILES string of the molecule is Nc1cccc(Cn2c(-c3ccccc3Cl)cc3ccccc32)n1.